The highest BCUT2D eigenvalue weighted by molar-refractivity contribution is 5.93. The summed E-state index contributed by atoms with van der Waals surface area (Å²) in [7, 11) is 3.24. The van der Waals surface area contributed by atoms with E-state index in [9.17, 15) is 9.59 Å². The van der Waals surface area contributed by atoms with E-state index in [-0.39, 0.29) is 17.4 Å². The Hall–Kier alpha value is -2.83. The molecule has 2 heterocycles. The van der Waals surface area contributed by atoms with Gasteiger partial charge in [-0.1, -0.05) is 0 Å². The van der Waals surface area contributed by atoms with Crippen LogP contribution in [-0.2, 0) is 11.8 Å². The van der Waals surface area contributed by atoms with Gasteiger partial charge in [-0.05, 0) is 43.5 Å². The van der Waals surface area contributed by atoms with E-state index in [1.807, 2.05) is 25.1 Å². The first-order valence-electron chi connectivity index (χ1n) is 8.71. The van der Waals surface area contributed by atoms with Gasteiger partial charge in [-0.2, -0.15) is 5.10 Å². The number of hydrogen-bond acceptors (Lipinski definition) is 5. The molecular weight excluding hydrogens is 332 g/mol. The normalized spacial score (nSPS) is 17.0. The van der Waals surface area contributed by atoms with Crippen molar-refractivity contribution in [1.82, 2.24) is 9.78 Å². The molecular formula is C19H24N4O3. The Morgan fingerprint density at radius 3 is 2.85 bits per heavy atom. The molecule has 3 rings (SSSR count). The lowest BCUT2D eigenvalue weighted by Crippen LogP contribution is -2.41. The first kappa shape index (κ1) is 18.0. The summed E-state index contributed by atoms with van der Waals surface area (Å²) in [6, 6.07) is 7.16. The standard InChI is InChI=1S/C19H24N4O3/c1-13-9-16(26-3)6-7-17(13)21-19(25)14-5-4-8-23(12-14)15-10-18(24)22(2)20-11-15/h6-7,9-11,14H,4-5,8,12H2,1-3H3,(H,21,25)/t14-/m0/s1. The van der Waals surface area contributed by atoms with E-state index in [1.165, 1.54) is 4.68 Å². The second-order valence-corrected chi connectivity index (χ2v) is 6.63. The Labute approximate surface area is 152 Å². The number of amides is 1. The molecule has 7 heteroatoms. The third-order valence-electron chi connectivity index (χ3n) is 4.80. The van der Waals surface area contributed by atoms with Gasteiger partial charge in [-0.15, -0.1) is 0 Å². The van der Waals surface area contributed by atoms with E-state index < -0.39 is 0 Å². The van der Waals surface area contributed by atoms with Crippen LogP contribution < -0.4 is 20.5 Å². The zero-order valence-electron chi connectivity index (χ0n) is 15.4. The van der Waals surface area contributed by atoms with Crippen LogP contribution in [0.3, 0.4) is 0 Å². The minimum Gasteiger partial charge on any atom is -0.497 e. The van der Waals surface area contributed by atoms with Crippen LogP contribution in [-0.4, -0.2) is 35.9 Å². The summed E-state index contributed by atoms with van der Waals surface area (Å²) >= 11 is 0. The molecule has 26 heavy (non-hydrogen) atoms. The first-order chi connectivity index (χ1) is 12.5. The second kappa shape index (κ2) is 7.59. The fourth-order valence-corrected chi connectivity index (χ4v) is 3.20. The Bertz CT molecular complexity index is 862. The lowest BCUT2D eigenvalue weighted by Gasteiger charge is -2.33. The van der Waals surface area contributed by atoms with Crippen molar-refractivity contribution in [2.24, 2.45) is 13.0 Å². The van der Waals surface area contributed by atoms with Gasteiger partial charge < -0.3 is 15.0 Å². The molecule has 7 nitrogen and oxygen atoms in total. The molecule has 1 amide bonds. The lowest BCUT2D eigenvalue weighted by atomic mass is 9.96. The molecule has 1 aromatic heterocycles. The molecule has 1 aliphatic rings. The molecule has 0 bridgehead atoms. The molecule has 1 atom stereocenters. The van der Waals surface area contributed by atoms with Crippen LogP contribution in [0.15, 0.2) is 35.3 Å². The van der Waals surface area contributed by atoms with Gasteiger partial charge in [0.1, 0.15) is 5.75 Å². The van der Waals surface area contributed by atoms with Crippen LogP contribution in [0.4, 0.5) is 11.4 Å². The maximum Gasteiger partial charge on any atom is 0.268 e. The zero-order chi connectivity index (χ0) is 18.7. The average Bonchev–Trinajstić information content (AvgIpc) is 2.65. The molecule has 0 unspecified atom stereocenters. The van der Waals surface area contributed by atoms with Crippen molar-refractivity contribution >= 4 is 17.3 Å². The summed E-state index contributed by atoms with van der Waals surface area (Å²) in [5, 5.41) is 7.09. The summed E-state index contributed by atoms with van der Waals surface area (Å²) in [5.74, 6) is 0.636. The van der Waals surface area contributed by atoms with Crippen LogP contribution in [0, 0.1) is 12.8 Å². The Kier molecular flexibility index (Phi) is 5.25. The second-order valence-electron chi connectivity index (χ2n) is 6.63. The number of anilines is 2. The van der Waals surface area contributed by atoms with E-state index >= 15 is 0 Å². The van der Waals surface area contributed by atoms with Gasteiger partial charge in [0.05, 0.1) is 24.9 Å². The van der Waals surface area contributed by atoms with Crippen LogP contribution in [0.2, 0.25) is 0 Å². The Balaban J connectivity index is 1.69. The van der Waals surface area contributed by atoms with Gasteiger partial charge in [0.25, 0.3) is 5.56 Å². The maximum absolute atomic E-state index is 12.7. The molecule has 138 valence electrons. The number of rotatable bonds is 4. The van der Waals surface area contributed by atoms with Crippen molar-refractivity contribution in [3.05, 3.63) is 46.4 Å². The van der Waals surface area contributed by atoms with Crippen molar-refractivity contribution in [3.8, 4) is 5.75 Å². The zero-order valence-corrected chi connectivity index (χ0v) is 15.4. The number of nitrogens with one attached hydrogen (secondary N) is 1. The van der Waals surface area contributed by atoms with Gasteiger partial charge in [0.15, 0.2) is 0 Å². The number of nitrogens with zero attached hydrogens (tertiary/aromatic N) is 3. The number of carbonyl (C=O) groups excluding carboxylic acids is 1. The average molecular weight is 356 g/mol. The number of carbonyl (C=O) groups is 1. The van der Waals surface area contributed by atoms with E-state index in [0.717, 1.165) is 42.1 Å². The highest BCUT2D eigenvalue weighted by Gasteiger charge is 2.26. The van der Waals surface area contributed by atoms with E-state index in [0.29, 0.717) is 6.54 Å². The fourth-order valence-electron chi connectivity index (χ4n) is 3.20. The number of piperidine rings is 1. The number of aryl methyl sites for hydroxylation is 2. The minimum absolute atomic E-state index is 0.000223. The minimum atomic E-state index is -0.150. The molecule has 0 aliphatic carbocycles. The smallest absolute Gasteiger partial charge is 0.268 e. The maximum atomic E-state index is 12.7. The highest BCUT2D eigenvalue weighted by atomic mass is 16.5. The van der Waals surface area contributed by atoms with Crippen LogP contribution in [0.1, 0.15) is 18.4 Å². The van der Waals surface area contributed by atoms with Crippen LogP contribution in [0.25, 0.3) is 0 Å². The monoisotopic (exact) mass is 356 g/mol. The van der Waals surface area contributed by atoms with Crippen LogP contribution >= 0.6 is 0 Å². The summed E-state index contributed by atoms with van der Waals surface area (Å²) < 4.78 is 6.50. The molecule has 0 radical (unpaired) electrons. The fraction of sp³-hybridized carbons (Fsp3) is 0.421. The van der Waals surface area contributed by atoms with Gasteiger partial charge in [-0.3, -0.25) is 9.59 Å². The first-order valence-corrected chi connectivity index (χ1v) is 8.71. The summed E-state index contributed by atoms with van der Waals surface area (Å²) in [5.41, 5.74) is 2.37. The molecule has 1 N–H and O–H groups in total. The predicted octanol–water partition coefficient (Wildman–Crippen LogP) is 1.95. The van der Waals surface area contributed by atoms with Crippen molar-refractivity contribution < 1.29 is 9.53 Å². The molecule has 1 aromatic carbocycles. The number of ether oxygens (including phenoxy) is 1. The number of methoxy groups -OCH3 is 1. The number of benzene rings is 1. The van der Waals surface area contributed by atoms with Crippen molar-refractivity contribution in [3.63, 3.8) is 0 Å². The number of hydrogen-bond donors (Lipinski definition) is 1. The lowest BCUT2D eigenvalue weighted by molar-refractivity contribution is -0.120. The van der Waals surface area contributed by atoms with Gasteiger partial charge >= 0.3 is 0 Å². The highest BCUT2D eigenvalue weighted by Crippen LogP contribution is 2.25. The summed E-state index contributed by atoms with van der Waals surface area (Å²) in [4.78, 5) is 26.6. The van der Waals surface area contributed by atoms with Gasteiger partial charge in [0.2, 0.25) is 5.91 Å². The van der Waals surface area contributed by atoms with Crippen molar-refractivity contribution in [2.75, 3.05) is 30.4 Å². The molecule has 1 saturated heterocycles. The molecule has 0 saturated carbocycles. The predicted molar refractivity (Wildman–Crippen MR) is 101 cm³/mol. The molecule has 2 aromatic rings. The van der Waals surface area contributed by atoms with Crippen molar-refractivity contribution in [2.45, 2.75) is 19.8 Å². The van der Waals surface area contributed by atoms with Crippen molar-refractivity contribution in [1.29, 1.82) is 0 Å². The summed E-state index contributed by atoms with van der Waals surface area (Å²) in [6.07, 6.45) is 3.40. The summed E-state index contributed by atoms with van der Waals surface area (Å²) in [6.45, 7) is 3.34. The van der Waals surface area contributed by atoms with E-state index in [1.54, 1.807) is 26.4 Å². The van der Waals surface area contributed by atoms with Crippen LogP contribution in [0.5, 0.6) is 5.75 Å². The molecule has 0 spiro atoms. The Morgan fingerprint density at radius 2 is 2.15 bits per heavy atom. The van der Waals surface area contributed by atoms with Gasteiger partial charge in [0, 0.05) is 31.9 Å². The molecule has 1 aliphatic heterocycles. The molecule has 1 fully saturated rings. The van der Waals surface area contributed by atoms with Gasteiger partial charge in [-0.25, -0.2) is 4.68 Å². The third kappa shape index (κ3) is 3.87. The largest absolute Gasteiger partial charge is 0.497 e. The quantitative estimate of drug-likeness (QED) is 0.906. The van der Waals surface area contributed by atoms with E-state index in [4.69, 9.17) is 4.74 Å². The number of aromatic nitrogens is 2. The topological polar surface area (TPSA) is 76.5 Å². The SMILES string of the molecule is COc1ccc(NC(=O)[C@H]2CCCN(c3cnn(C)c(=O)c3)C2)c(C)c1. The third-order valence-corrected chi connectivity index (χ3v) is 4.80. The Morgan fingerprint density at radius 1 is 1.35 bits per heavy atom. The van der Waals surface area contributed by atoms with E-state index in [2.05, 4.69) is 15.3 Å².